The van der Waals surface area contributed by atoms with Crippen molar-refractivity contribution in [2.45, 2.75) is 43.8 Å². The van der Waals surface area contributed by atoms with Gasteiger partial charge in [-0.3, -0.25) is 0 Å². The van der Waals surface area contributed by atoms with E-state index in [1.807, 2.05) is 13.8 Å². The van der Waals surface area contributed by atoms with Crippen LogP contribution in [0.25, 0.3) is 0 Å². The Labute approximate surface area is 135 Å². The second kappa shape index (κ2) is 6.85. The maximum atomic E-state index is 12.7. The third-order valence-corrected chi connectivity index (χ3v) is 5.52. The predicted octanol–water partition coefficient (Wildman–Crippen LogP) is 2.16. The van der Waals surface area contributed by atoms with Gasteiger partial charge in [0.05, 0.1) is 11.1 Å². The Morgan fingerprint density at radius 1 is 1.32 bits per heavy atom. The molecule has 1 aromatic carbocycles. The molecule has 1 heterocycles. The third-order valence-electron chi connectivity index (χ3n) is 3.34. The molecule has 1 saturated heterocycles. The zero-order valence-corrected chi connectivity index (χ0v) is 14.1. The fourth-order valence-corrected chi connectivity index (χ4v) is 4.11. The van der Waals surface area contributed by atoms with Crippen molar-refractivity contribution in [3.05, 3.63) is 29.3 Å². The summed E-state index contributed by atoms with van der Waals surface area (Å²) in [5.74, 6) is 0. The van der Waals surface area contributed by atoms with E-state index in [0.29, 0.717) is 24.4 Å². The quantitative estimate of drug-likeness (QED) is 0.877. The lowest BCUT2D eigenvalue weighted by Crippen LogP contribution is -2.51. The Bertz CT molecular complexity index is 631. The minimum absolute atomic E-state index is 0.0114. The van der Waals surface area contributed by atoms with E-state index in [0.717, 1.165) is 0 Å². The van der Waals surface area contributed by atoms with Crippen LogP contribution in [0.3, 0.4) is 0 Å². The van der Waals surface area contributed by atoms with Crippen molar-refractivity contribution in [1.29, 1.82) is 0 Å². The first kappa shape index (κ1) is 17.1. The zero-order valence-electron chi connectivity index (χ0n) is 12.5. The smallest absolute Gasteiger partial charge is 0.316 e. The number of carbonyl (C=O) groups is 1. The number of sulfonamides is 1. The summed E-state index contributed by atoms with van der Waals surface area (Å²) in [6, 6.07) is 5.65. The highest BCUT2D eigenvalue weighted by Crippen LogP contribution is 2.25. The van der Waals surface area contributed by atoms with E-state index in [2.05, 4.69) is 10.6 Å². The number of hydrogen-bond donors (Lipinski definition) is 2. The molecule has 8 heteroatoms. The van der Waals surface area contributed by atoms with E-state index < -0.39 is 16.2 Å². The number of halogens is 1. The molecule has 2 amide bonds. The van der Waals surface area contributed by atoms with E-state index in [1.165, 1.54) is 16.4 Å². The molecular weight excluding hydrogens is 326 g/mol. The fourth-order valence-electron chi connectivity index (χ4n) is 2.37. The van der Waals surface area contributed by atoms with Gasteiger partial charge < -0.3 is 10.6 Å². The van der Waals surface area contributed by atoms with E-state index in [1.54, 1.807) is 12.1 Å². The Kier molecular flexibility index (Phi) is 5.31. The number of carbonyl (C=O) groups excluding carboxylic acids is 1. The van der Waals surface area contributed by atoms with Crippen LogP contribution in [0.15, 0.2) is 29.2 Å². The van der Waals surface area contributed by atoms with Crippen molar-refractivity contribution in [3.63, 3.8) is 0 Å². The molecule has 1 aliphatic rings. The van der Waals surface area contributed by atoms with E-state index in [9.17, 15) is 13.2 Å². The summed E-state index contributed by atoms with van der Waals surface area (Å²) in [5, 5.41) is 5.90. The lowest BCUT2D eigenvalue weighted by atomic mass is 10.3. The molecule has 0 saturated carbocycles. The van der Waals surface area contributed by atoms with Gasteiger partial charge in [0.2, 0.25) is 10.0 Å². The maximum Gasteiger partial charge on any atom is 0.316 e. The minimum Gasteiger partial charge on any atom is -0.336 e. The Morgan fingerprint density at radius 3 is 2.55 bits per heavy atom. The van der Waals surface area contributed by atoms with Crippen LogP contribution in [0, 0.1) is 0 Å². The standard InChI is InChI=1S/C14H20ClN3O3S/c1-10(2)16-14(19)17-13-4-3-9-18(13)22(20,21)12-7-5-11(15)6-8-12/h5-8,10,13H,3-4,9H2,1-2H3,(H2,16,17,19)/t13-/m1/s1. The number of hydrogen-bond acceptors (Lipinski definition) is 3. The topological polar surface area (TPSA) is 78.5 Å². The summed E-state index contributed by atoms with van der Waals surface area (Å²) in [7, 11) is -3.65. The molecule has 0 aromatic heterocycles. The normalized spacial score (nSPS) is 19.4. The van der Waals surface area contributed by atoms with E-state index in [4.69, 9.17) is 11.6 Å². The summed E-state index contributed by atoms with van der Waals surface area (Å²) in [5.41, 5.74) is 0. The fraction of sp³-hybridized carbons (Fsp3) is 0.500. The lowest BCUT2D eigenvalue weighted by Gasteiger charge is -2.25. The summed E-state index contributed by atoms with van der Waals surface area (Å²) >= 11 is 5.79. The molecule has 1 aliphatic heterocycles. The van der Waals surface area contributed by atoms with E-state index >= 15 is 0 Å². The van der Waals surface area contributed by atoms with Crippen LogP contribution < -0.4 is 10.6 Å². The summed E-state index contributed by atoms with van der Waals surface area (Å²) in [6.45, 7) is 4.07. The van der Waals surface area contributed by atoms with Crippen LogP contribution in [0.4, 0.5) is 4.79 Å². The van der Waals surface area contributed by atoms with Crippen molar-refractivity contribution in [3.8, 4) is 0 Å². The average Bonchev–Trinajstić information content (AvgIpc) is 2.87. The molecule has 0 unspecified atom stereocenters. The van der Waals surface area contributed by atoms with Gasteiger partial charge in [0, 0.05) is 17.6 Å². The van der Waals surface area contributed by atoms with Crippen LogP contribution in [-0.4, -0.2) is 37.5 Å². The van der Waals surface area contributed by atoms with Crippen molar-refractivity contribution in [2.24, 2.45) is 0 Å². The second-order valence-electron chi connectivity index (χ2n) is 5.50. The Hall–Kier alpha value is -1.31. The van der Waals surface area contributed by atoms with Crippen LogP contribution >= 0.6 is 11.6 Å². The van der Waals surface area contributed by atoms with Crippen molar-refractivity contribution in [1.82, 2.24) is 14.9 Å². The number of nitrogens with zero attached hydrogens (tertiary/aromatic N) is 1. The Morgan fingerprint density at radius 2 is 1.95 bits per heavy atom. The van der Waals surface area contributed by atoms with Gasteiger partial charge in [-0.1, -0.05) is 11.6 Å². The minimum atomic E-state index is -3.65. The molecule has 0 radical (unpaired) electrons. The molecule has 0 spiro atoms. The van der Waals surface area contributed by atoms with Crippen molar-refractivity contribution in [2.75, 3.05) is 6.54 Å². The predicted molar refractivity (Wildman–Crippen MR) is 85.2 cm³/mol. The van der Waals surface area contributed by atoms with Gasteiger partial charge in [0.1, 0.15) is 0 Å². The number of amides is 2. The first-order valence-electron chi connectivity index (χ1n) is 7.15. The van der Waals surface area contributed by atoms with Crippen molar-refractivity contribution < 1.29 is 13.2 Å². The van der Waals surface area contributed by atoms with Gasteiger partial charge in [-0.05, 0) is 51.0 Å². The maximum absolute atomic E-state index is 12.7. The molecule has 2 rings (SSSR count). The lowest BCUT2D eigenvalue weighted by molar-refractivity contribution is 0.226. The number of nitrogens with one attached hydrogen (secondary N) is 2. The highest BCUT2D eigenvalue weighted by atomic mass is 35.5. The van der Waals surface area contributed by atoms with Gasteiger partial charge >= 0.3 is 6.03 Å². The van der Waals surface area contributed by atoms with Crippen molar-refractivity contribution >= 4 is 27.7 Å². The molecular formula is C14H20ClN3O3S. The van der Waals surface area contributed by atoms with Gasteiger partial charge in [-0.25, -0.2) is 13.2 Å². The largest absolute Gasteiger partial charge is 0.336 e. The van der Waals surface area contributed by atoms with Gasteiger partial charge in [-0.15, -0.1) is 0 Å². The third kappa shape index (κ3) is 3.91. The molecule has 0 bridgehead atoms. The van der Waals surface area contributed by atoms with Crippen LogP contribution in [0.2, 0.25) is 5.02 Å². The molecule has 6 nitrogen and oxygen atoms in total. The summed E-state index contributed by atoms with van der Waals surface area (Å²) < 4.78 is 26.7. The average molecular weight is 346 g/mol. The highest BCUT2D eigenvalue weighted by molar-refractivity contribution is 7.89. The summed E-state index contributed by atoms with van der Waals surface area (Å²) in [6.07, 6.45) is 0.775. The molecule has 22 heavy (non-hydrogen) atoms. The van der Waals surface area contributed by atoms with Gasteiger partial charge in [0.25, 0.3) is 0 Å². The molecule has 2 N–H and O–H groups in total. The molecule has 1 atom stereocenters. The summed E-state index contributed by atoms with van der Waals surface area (Å²) in [4.78, 5) is 12.0. The van der Waals surface area contributed by atoms with Crippen LogP contribution in [-0.2, 0) is 10.0 Å². The first-order chi connectivity index (χ1) is 10.3. The highest BCUT2D eigenvalue weighted by Gasteiger charge is 2.36. The van der Waals surface area contributed by atoms with Gasteiger partial charge in [0.15, 0.2) is 0 Å². The molecule has 1 fully saturated rings. The first-order valence-corrected chi connectivity index (χ1v) is 8.97. The molecule has 0 aliphatic carbocycles. The van der Waals surface area contributed by atoms with Crippen LogP contribution in [0.1, 0.15) is 26.7 Å². The SMILES string of the molecule is CC(C)NC(=O)N[C@H]1CCCN1S(=O)(=O)c1ccc(Cl)cc1. The monoisotopic (exact) mass is 345 g/mol. The second-order valence-corrected chi connectivity index (χ2v) is 7.83. The Balaban J connectivity index is 2.15. The zero-order chi connectivity index (χ0) is 16.3. The molecule has 122 valence electrons. The molecule has 1 aromatic rings. The van der Waals surface area contributed by atoms with Crippen LogP contribution in [0.5, 0.6) is 0 Å². The van der Waals surface area contributed by atoms with Gasteiger partial charge in [-0.2, -0.15) is 4.31 Å². The van der Waals surface area contributed by atoms with E-state index in [-0.39, 0.29) is 17.0 Å². The number of rotatable bonds is 4. The number of benzene rings is 1. The number of urea groups is 1.